The fourth-order valence-electron chi connectivity index (χ4n) is 5.64. The number of hydrogen-bond donors (Lipinski definition) is 0. The molecule has 0 bridgehead atoms. The summed E-state index contributed by atoms with van der Waals surface area (Å²) in [5.41, 5.74) is 7.45. The van der Waals surface area contributed by atoms with E-state index in [4.69, 9.17) is 4.98 Å². The van der Waals surface area contributed by atoms with Gasteiger partial charge in [0, 0.05) is 0 Å². The molecule has 4 aromatic carbocycles. The number of aromatic nitrogens is 2. The van der Waals surface area contributed by atoms with Gasteiger partial charge in [-0.05, 0) is 0 Å². The zero-order valence-corrected chi connectivity index (χ0v) is 26.4. The zero-order valence-electron chi connectivity index (χ0n) is 23.5. The van der Waals surface area contributed by atoms with Gasteiger partial charge < -0.3 is 0 Å². The van der Waals surface area contributed by atoms with Crippen LogP contribution >= 0.6 is 11.3 Å². The van der Waals surface area contributed by atoms with Crippen LogP contribution in [0.25, 0.3) is 48.3 Å². The monoisotopic (exact) mass is 578 g/mol. The van der Waals surface area contributed by atoms with E-state index in [0.717, 1.165) is 11.3 Å². The molecule has 2 nitrogen and oxygen atoms in total. The first-order valence-corrected chi connectivity index (χ1v) is 21.9. The summed E-state index contributed by atoms with van der Waals surface area (Å²) in [5.74, 6) is 9.26. The van der Waals surface area contributed by atoms with Crippen molar-refractivity contribution >= 4 is 60.2 Å². The number of hydrogen-bond acceptors (Lipinski definition) is 2. The van der Waals surface area contributed by atoms with Crippen molar-refractivity contribution in [2.75, 3.05) is 0 Å². The summed E-state index contributed by atoms with van der Waals surface area (Å²) in [6.45, 7) is 9.19. The molecule has 0 spiro atoms. The molecule has 0 unspecified atom stereocenters. The Morgan fingerprint density at radius 2 is 1.42 bits per heavy atom. The van der Waals surface area contributed by atoms with Crippen LogP contribution in [-0.4, -0.2) is 22.8 Å². The van der Waals surface area contributed by atoms with Gasteiger partial charge in [-0.3, -0.25) is 0 Å². The van der Waals surface area contributed by atoms with Gasteiger partial charge in [-0.1, -0.05) is 0 Å². The molecule has 0 N–H and O–H groups in total. The van der Waals surface area contributed by atoms with Crippen LogP contribution in [0, 0.1) is 0 Å². The fraction of sp³-hybridized carbons (Fsp3) is 0.265. The van der Waals surface area contributed by atoms with Gasteiger partial charge in [-0.2, -0.15) is 0 Å². The molecule has 4 heteroatoms. The van der Waals surface area contributed by atoms with Gasteiger partial charge >= 0.3 is 234 Å². The molecule has 192 valence electrons. The molecule has 0 radical (unpaired) electrons. The molecule has 0 saturated heterocycles. The van der Waals surface area contributed by atoms with Crippen molar-refractivity contribution in [3.05, 3.63) is 90.0 Å². The first-order valence-electron chi connectivity index (χ1n) is 13.7. The summed E-state index contributed by atoms with van der Waals surface area (Å²) in [5, 5.41) is 2.69. The second-order valence-corrected chi connectivity index (χ2v) is 23.8. The van der Waals surface area contributed by atoms with Crippen molar-refractivity contribution in [2.45, 2.75) is 56.8 Å². The molecule has 0 aliphatic carbocycles. The number of para-hydroxylation sites is 3. The van der Waals surface area contributed by atoms with Crippen molar-refractivity contribution in [1.29, 1.82) is 0 Å². The number of thiophene rings is 1. The Hall–Kier alpha value is -2.89. The summed E-state index contributed by atoms with van der Waals surface area (Å²) in [6, 6.07) is 29.4. The van der Waals surface area contributed by atoms with Crippen molar-refractivity contribution in [3.63, 3.8) is 0 Å². The third-order valence-corrected chi connectivity index (χ3v) is 13.2. The standard InChI is InChI=1S/C34H36GeN2S/c1-21(2)24-12-10-13-25(22(3)4)32(24)37-30-17-9-8-16-29(30)36-34(37)28-15-11-14-27-26-19-18-23(35(5,6)7)20-31(26)38-33(27)28/h8-22H,1-7H3. The van der Waals surface area contributed by atoms with Crippen LogP contribution in [-0.2, 0) is 0 Å². The quantitative estimate of drug-likeness (QED) is 0.187. The number of fused-ring (bicyclic) bond motifs is 4. The topological polar surface area (TPSA) is 17.8 Å². The van der Waals surface area contributed by atoms with Gasteiger partial charge in [0.05, 0.1) is 0 Å². The van der Waals surface area contributed by atoms with Gasteiger partial charge in [0.25, 0.3) is 0 Å². The number of nitrogens with zero attached hydrogens (tertiary/aromatic N) is 2. The average Bonchev–Trinajstić information content (AvgIpc) is 3.45. The molecule has 6 aromatic rings. The van der Waals surface area contributed by atoms with E-state index in [2.05, 4.69) is 128 Å². The summed E-state index contributed by atoms with van der Waals surface area (Å²) in [6.07, 6.45) is 0. The molecule has 0 atom stereocenters. The van der Waals surface area contributed by atoms with Gasteiger partial charge in [-0.25, -0.2) is 0 Å². The van der Waals surface area contributed by atoms with E-state index in [1.54, 1.807) is 4.40 Å². The van der Waals surface area contributed by atoms with Crippen molar-refractivity contribution in [1.82, 2.24) is 9.55 Å². The minimum atomic E-state index is -1.93. The average molecular weight is 577 g/mol. The summed E-state index contributed by atoms with van der Waals surface area (Å²) >= 11 is -0.00221. The second kappa shape index (κ2) is 9.39. The van der Waals surface area contributed by atoms with Crippen molar-refractivity contribution < 1.29 is 0 Å². The first kappa shape index (κ1) is 25.4. The van der Waals surface area contributed by atoms with Crippen molar-refractivity contribution in [3.8, 4) is 17.1 Å². The van der Waals surface area contributed by atoms with E-state index in [1.807, 2.05) is 11.3 Å². The van der Waals surface area contributed by atoms with Gasteiger partial charge in [0.1, 0.15) is 0 Å². The molecule has 38 heavy (non-hydrogen) atoms. The van der Waals surface area contributed by atoms with Gasteiger partial charge in [0.15, 0.2) is 0 Å². The predicted octanol–water partition coefficient (Wildman–Crippen LogP) is 9.85. The number of benzene rings is 4. The number of imidazole rings is 1. The Morgan fingerprint density at radius 1 is 0.737 bits per heavy atom. The molecule has 6 rings (SSSR count). The Morgan fingerprint density at radius 3 is 2.11 bits per heavy atom. The normalized spacial score (nSPS) is 12.6. The van der Waals surface area contributed by atoms with Gasteiger partial charge in [-0.15, -0.1) is 0 Å². The number of rotatable bonds is 5. The van der Waals surface area contributed by atoms with Crippen LogP contribution < -0.4 is 4.40 Å². The maximum absolute atomic E-state index is 5.32. The van der Waals surface area contributed by atoms with Crippen LogP contribution in [0.3, 0.4) is 0 Å². The van der Waals surface area contributed by atoms with E-state index in [0.29, 0.717) is 11.8 Å². The van der Waals surface area contributed by atoms with E-state index in [-0.39, 0.29) is 0 Å². The molecular formula is C34H36GeN2S. The Labute approximate surface area is 232 Å². The molecule has 0 saturated carbocycles. The van der Waals surface area contributed by atoms with Crippen LogP contribution in [0.1, 0.15) is 50.7 Å². The first-order chi connectivity index (χ1) is 18.1. The van der Waals surface area contributed by atoms with Crippen LogP contribution in [0.4, 0.5) is 0 Å². The summed E-state index contributed by atoms with van der Waals surface area (Å²) in [7, 11) is 0. The third kappa shape index (κ3) is 4.11. The molecule has 2 heterocycles. The minimum absolute atomic E-state index is 0.402. The molecular weight excluding hydrogens is 541 g/mol. The molecule has 2 aromatic heterocycles. The van der Waals surface area contributed by atoms with Crippen molar-refractivity contribution in [2.24, 2.45) is 0 Å². The van der Waals surface area contributed by atoms with Crippen LogP contribution in [0.15, 0.2) is 78.9 Å². The molecule has 0 amide bonds. The maximum atomic E-state index is 5.32. The van der Waals surface area contributed by atoms with Crippen LogP contribution in [0.2, 0.25) is 17.3 Å². The summed E-state index contributed by atoms with van der Waals surface area (Å²) in [4.78, 5) is 5.32. The van der Waals surface area contributed by atoms with E-state index >= 15 is 0 Å². The molecule has 0 aliphatic heterocycles. The fourth-order valence-corrected chi connectivity index (χ4v) is 9.55. The van der Waals surface area contributed by atoms with Gasteiger partial charge in [0.2, 0.25) is 0 Å². The van der Waals surface area contributed by atoms with Crippen LogP contribution in [0.5, 0.6) is 0 Å². The molecule has 0 aliphatic rings. The summed E-state index contributed by atoms with van der Waals surface area (Å²) < 4.78 is 6.73. The van der Waals surface area contributed by atoms with E-state index in [1.165, 1.54) is 48.1 Å². The second-order valence-electron chi connectivity index (χ2n) is 12.1. The van der Waals surface area contributed by atoms with E-state index in [9.17, 15) is 0 Å². The predicted molar refractivity (Wildman–Crippen MR) is 171 cm³/mol. The Balaban J connectivity index is 1.71. The SMILES string of the molecule is CC(C)c1cccc(C(C)C)c1-n1c(-c2cccc3c2sc2c[c]([Ge]([CH3])([CH3])[CH3])ccc23)nc2ccccc21. The third-order valence-electron chi connectivity index (χ3n) is 7.73. The Kier molecular flexibility index (Phi) is 6.28. The molecule has 0 fully saturated rings. The van der Waals surface area contributed by atoms with E-state index < -0.39 is 13.3 Å². The Bertz CT molecular complexity index is 1790. The zero-order chi connectivity index (χ0) is 26.8.